The minimum atomic E-state index is 0.847. The molecule has 0 aliphatic heterocycles. The van der Waals surface area contributed by atoms with E-state index >= 15 is 0 Å². The van der Waals surface area contributed by atoms with Gasteiger partial charge in [0.15, 0.2) is 11.0 Å². The highest BCUT2D eigenvalue weighted by Crippen LogP contribution is 2.29. The molecule has 0 bridgehead atoms. The minimum Gasteiger partial charge on any atom is -0.497 e. The summed E-state index contributed by atoms with van der Waals surface area (Å²) in [6.07, 6.45) is 0. The van der Waals surface area contributed by atoms with Gasteiger partial charge >= 0.3 is 0 Å². The van der Waals surface area contributed by atoms with E-state index in [4.69, 9.17) is 4.74 Å². The van der Waals surface area contributed by atoms with E-state index in [0.717, 1.165) is 33.9 Å². The molecule has 0 N–H and O–H groups in total. The van der Waals surface area contributed by atoms with Gasteiger partial charge < -0.3 is 9.30 Å². The zero-order chi connectivity index (χ0) is 15.4. The number of hydrogen-bond acceptors (Lipinski definition) is 5. The molecule has 0 radical (unpaired) electrons. The van der Waals surface area contributed by atoms with Crippen LogP contribution >= 0.6 is 23.1 Å². The van der Waals surface area contributed by atoms with Crippen molar-refractivity contribution in [2.75, 3.05) is 7.11 Å². The van der Waals surface area contributed by atoms with Crippen molar-refractivity contribution in [2.45, 2.75) is 24.4 Å². The highest BCUT2D eigenvalue weighted by Gasteiger charge is 2.13. The number of methoxy groups -OCH3 is 1. The molecule has 22 heavy (non-hydrogen) atoms. The maximum atomic E-state index is 5.26. The maximum Gasteiger partial charge on any atom is 0.191 e. The summed E-state index contributed by atoms with van der Waals surface area (Å²) in [6.45, 7) is 2.98. The molecule has 0 amide bonds. The molecule has 0 unspecified atom stereocenters. The summed E-state index contributed by atoms with van der Waals surface area (Å²) in [5, 5.41) is 11.7. The van der Waals surface area contributed by atoms with Gasteiger partial charge in [-0.2, -0.15) is 0 Å². The van der Waals surface area contributed by atoms with Crippen LogP contribution in [0.4, 0.5) is 0 Å². The summed E-state index contributed by atoms with van der Waals surface area (Å²) >= 11 is 3.39. The summed E-state index contributed by atoms with van der Waals surface area (Å²) in [4.78, 5) is 1.16. The molecule has 1 aromatic carbocycles. The van der Waals surface area contributed by atoms with Crippen LogP contribution in [-0.4, -0.2) is 21.9 Å². The van der Waals surface area contributed by atoms with Gasteiger partial charge in [0.25, 0.3) is 0 Å². The highest BCUT2D eigenvalue weighted by molar-refractivity contribution is 7.98. The number of benzene rings is 1. The lowest BCUT2D eigenvalue weighted by Gasteiger charge is -2.07. The number of thiophene rings is 1. The summed E-state index contributed by atoms with van der Waals surface area (Å²) < 4.78 is 7.43. The largest absolute Gasteiger partial charge is 0.497 e. The predicted molar refractivity (Wildman–Crippen MR) is 91.6 cm³/mol. The Morgan fingerprint density at radius 3 is 2.86 bits per heavy atom. The standard InChI is InChI=1S/C16H17N3OS2/c1-3-19-15(14-8-5-9-21-14)17-18-16(19)22-11-12-6-4-7-13(10-12)20-2/h4-10H,3,11H2,1-2H3. The van der Waals surface area contributed by atoms with Crippen LogP contribution in [0.1, 0.15) is 12.5 Å². The molecule has 3 aromatic rings. The van der Waals surface area contributed by atoms with Crippen molar-refractivity contribution < 1.29 is 4.74 Å². The quantitative estimate of drug-likeness (QED) is 0.630. The normalized spacial score (nSPS) is 10.8. The first-order valence-corrected chi connectivity index (χ1v) is 8.91. The van der Waals surface area contributed by atoms with Crippen LogP contribution in [0.5, 0.6) is 5.75 Å². The number of aromatic nitrogens is 3. The molecule has 4 nitrogen and oxygen atoms in total. The van der Waals surface area contributed by atoms with Crippen LogP contribution in [0, 0.1) is 0 Å². The van der Waals surface area contributed by atoms with E-state index in [-0.39, 0.29) is 0 Å². The molecule has 2 heterocycles. The van der Waals surface area contributed by atoms with E-state index in [9.17, 15) is 0 Å². The van der Waals surface area contributed by atoms with Crippen molar-refractivity contribution in [1.29, 1.82) is 0 Å². The number of thioether (sulfide) groups is 1. The molecule has 0 fully saturated rings. The first kappa shape index (κ1) is 15.1. The molecular weight excluding hydrogens is 314 g/mol. The van der Waals surface area contributed by atoms with Crippen molar-refractivity contribution >= 4 is 23.1 Å². The van der Waals surface area contributed by atoms with Crippen molar-refractivity contribution in [3.05, 3.63) is 47.3 Å². The maximum absolute atomic E-state index is 5.26. The van der Waals surface area contributed by atoms with Gasteiger partial charge in [0.2, 0.25) is 0 Å². The van der Waals surface area contributed by atoms with Gasteiger partial charge in [-0.3, -0.25) is 0 Å². The fourth-order valence-electron chi connectivity index (χ4n) is 2.18. The second kappa shape index (κ2) is 6.98. The lowest BCUT2D eigenvalue weighted by Crippen LogP contribution is -1.99. The van der Waals surface area contributed by atoms with Gasteiger partial charge in [-0.05, 0) is 36.1 Å². The molecule has 114 valence electrons. The smallest absolute Gasteiger partial charge is 0.191 e. The molecule has 0 saturated heterocycles. The number of nitrogens with zero attached hydrogens (tertiary/aromatic N) is 3. The molecule has 0 aliphatic carbocycles. The molecule has 0 atom stereocenters. The first-order chi connectivity index (χ1) is 10.8. The third-order valence-electron chi connectivity index (χ3n) is 3.28. The second-order valence-electron chi connectivity index (χ2n) is 4.67. The highest BCUT2D eigenvalue weighted by atomic mass is 32.2. The van der Waals surface area contributed by atoms with Gasteiger partial charge in [0.05, 0.1) is 12.0 Å². The topological polar surface area (TPSA) is 39.9 Å². The molecule has 6 heteroatoms. The zero-order valence-corrected chi connectivity index (χ0v) is 14.2. The first-order valence-electron chi connectivity index (χ1n) is 7.04. The van der Waals surface area contributed by atoms with E-state index in [1.54, 1.807) is 30.2 Å². The van der Waals surface area contributed by atoms with Crippen LogP contribution in [0.2, 0.25) is 0 Å². The predicted octanol–water partition coefficient (Wildman–Crippen LogP) is 4.33. The minimum absolute atomic E-state index is 0.847. The van der Waals surface area contributed by atoms with Crippen LogP contribution in [0.15, 0.2) is 46.9 Å². The summed E-state index contributed by atoms with van der Waals surface area (Å²) in [5.41, 5.74) is 1.22. The molecule has 3 rings (SSSR count). The van der Waals surface area contributed by atoms with E-state index in [1.807, 2.05) is 18.2 Å². The van der Waals surface area contributed by atoms with Crippen molar-refractivity contribution in [1.82, 2.24) is 14.8 Å². The average molecular weight is 331 g/mol. The lowest BCUT2D eigenvalue weighted by atomic mass is 10.2. The Kier molecular flexibility index (Phi) is 4.80. The molecule has 0 saturated carbocycles. The van der Waals surface area contributed by atoms with Crippen LogP contribution in [0.25, 0.3) is 10.7 Å². The van der Waals surface area contributed by atoms with Gasteiger partial charge in [0, 0.05) is 12.3 Å². The Hall–Kier alpha value is -1.79. The van der Waals surface area contributed by atoms with Gasteiger partial charge in [-0.1, -0.05) is 30.0 Å². The molecule has 0 aliphatic rings. The van der Waals surface area contributed by atoms with E-state index in [2.05, 4.69) is 45.3 Å². The Morgan fingerprint density at radius 2 is 2.14 bits per heavy atom. The van der Waals surface area contributed by atoms with Crippen LogP contribution in [0.3, 0.4) is 0 Å². The third-order valence-corrected chi connectivity index (χ3v) is 5.18. The number of hydrogen-bond donors (Lipinski definition) is 0. The Morgan fingerprint density at radius 1 is 1.23 bits per heavy atom. The fourth-order valence-corrected chi connectivity index (χ4v) is 3.84. The van der Waals surface area contributed by atoms with Crippen LogP contribution in [-0.2, 0) is 12.3 Å². The Labute approximate surface area is 138 Å². The van der Waals surface area contributed by atoms with Gasteiger partial charge in [0.1, 0.15) is 5.75 Å². The van der Waals surface area contributed by atoms with E-state index in [1.165, 1.54) is 5.56 Å². The van der Waals surface area contributed by atoms with Gasteiger partial charge in [-0.25, -0.2) is 0 Å². The summed E-state index contributed by atoms with van der Waals surface area (Å²) in [7, 11) is 1.69. The van der Waals surface area contributed by atoms with Crippen LogP contribution < -0.4 is 4.74 Å². The average Bonchev–Trinajstić information content (AvgIpc) is 3.21. The Balaban J connectivity index is 1.78. The Bertz CT molecular complexity index is 738. The van der Waals surface area contributed by atoms with Crippen molar-refractivity contribution in [2.24, 2.45) is 0 Å². The lowest BCUT2D eigenvalue weighted by molar-refractivity contribution is 0.414. The molecule has 2 aromatic heterocycles. The zero-order valence-electron chi connectivity index (χ0n) is 12.5. The summed E-state index contributed by atoms with van der Waals surface area (Å²) in [6, 6.07) is 12.2. The summed E-state index contributed by atoms with van der Waals surface area (Å²) in [5.74, 6) is 2.68. The third kappa shape index (κ3) is 3.18. The molecule has 0 spiro atoms. The monoisotopic (exact) mass is 331 g/mol. The number of ether oxygens (including phenoxy) is 1. The van der Waals surface area contributed by atoms with Crippen molar-refractivity contribution in [3.63, 3.8) is 0 Å². The SMILES string of the molecule is CCn1c(SCc2cccc(OC)c2)nnc1-c1cccs1. The fraction of sp³-hybridized carbons (Fsp3) is 0.250. The molecular formula is C16H17N3OS2. The number of rotatable bonds is 6. The second-order valence-corrected chi connectivity index (χ2v) is 6.56. The van der Waals surface area contributed by atoms with E-state index in [0.29, 0.717) is 0 Å². The van der Waals surface area contributed by atoms with E-state index < -0.39 is 0 Å². The van der Waals surface area contributed by atoms with Crippen molar-refractivity contribution in [3.8, 4) is 16.5 Å². The van der Waals surface area contributed by atoms with Gasteiger partial charge in [-0.15, -0.1) is 21.5 Å².